The third kappa shape index (κ3) is 23.4. The van der Waals surface area contributed by atoms with E-state index in [4.69, 9.17) is 56.8 Å². The first kappa shape index (κ1) is 68.8. The lowest BCUT2D eigenvalue weighted by atomic mass is 9.82. The van der Waals surface area contributed by atoms with Crippen LogP contribution in [0.5, 0.6) is 23.0 Å². The Morgan fingerprint density at radius 2 is 0.632 bits per heavy atom. The minimum Gasteiger partial charge on any atom is -0.465 e. The predicted octanol–water partition coefficient (Wildman–Crippen LogP) is 7.69. The first-order chi connectivity index (χ1) is 41.9. The fourth-order valence-corrected chi connectivity index (χ4v) is 9.53. The van der Waals surface area contributed by atoms with E-state index in [1.54, 1.807) is 0 Å². The number of esters is 12. The lowest BCUT2D eigenvalue weighted by Gasteiger charge is -2.26. The highest BCUT2D eigenvalue weighted by Crippen LogP contribution is 2.37. The third-order valence-electron chi connectivity index (χ3n) is 14.4. The normalized spacial score (nSPS) is 18.7. The van der Waals surface area contributed by atoms with Gasteiger partial charge in [0.1, 0.15) is 60.6 Å². The Morgan fingerprint density at radius 1 is 0.345 bits per heavy atom. The Bertz CT molecular complexity index is 2810. The number of benzene rings is 2. The first-order valence-electron chi connectivity index (χ1n) is 28.9. The van der Waals surface area contributed by atoms with Crippen LogP contribution < -0.4 is 18.9 Å². The maximum atomic E-state index is 13.6. The van der Waals surface area contributed by atoms with E-state index in [9.17, 15) is 57.5 Å². The van der Waals surface area contributed by atoms with Crippen molar-refractivity contribution in [2.45, 2.75) is 109 Å². The van der Waals surface area contributed by atoms with E-state index in [0.29, 0.717) is 77.0 Å². The molecule has 87 heavy (non-hydrogen) atoms. The Labute approximate surface area is 503 Å². The Balaban J connectivity index is 1.15. The topological polar surface area (TPSA) is 316 Å². The van der Waals surface area contributed by atoms with Crippen molar-refractivity contribution in [1.82, 2.24) is 0 Å². The molecule has 3 saturated carbocycles. The SMILES string of the molecule is C=CCC(=O)OCCOC(=O)c1cc(OC(=O)C2CCC(C(=O)Oc3ccc(OC(=O)C4CCC(C(=O)OCCCCOC(=O)C=C)CC4)c(C(=O)OCCOC(=O)C=C)c3)CC2)ccc1OC(=O)C1CCC(C(=O)OCCCCOC(=O)C=C)CC1. The van der Waals surface area contributed by atoms with Crippen molar-refractivity contribution in [1.29, 1.82) is 0 Å². The van der Waals surface area contributed by atoms with Crippen LogP contribution in [-0.4, -0.2) is 124 Å². The van der Waals surface area contributed by atoms with Gasteiger partial charge in [0.15, 0.2) is 0 Å². The molecule has 0 spiro atoms. The molecule has 3 aliphatic rings. The Hall–Kier alpha value is -8.96. The molecule has 0 radical (unpaired) electrons. The van der Waals surface area contributed by atoms with Crippen molar-refractivity contribution in [2.24, 2.45) is 35.5 Å². The Morgan fingerprint density at radius 3 is 0.966 bits per heavy atom. The lowest BCUT2D eigenvalue weighted by molar-refractivity contribution is -0.152. The minimum absolute atomic E-state index is 0.0671. The molecule has 3 aliphatic carbocycles. The smallest absolute Gasteiger partial charge is 0.342 e. The number of carbonyl (C=O) groups excluding carboxylic acids is 12. The molecular weight excluding hydrogens is 1140 g/mol. The standard InChI is InChI=1S/C63H74O24/c1-5-13-55(67)79-35-37-83-63(75)49-39-47(27-29-51(49)87-61(73)45-20-16-41(17-21-45)57(69)81-33-12-10-31-77-53(65)7-3)85-59(71)43-24-22-42(23-25-43)58(70)84-46-26-28-50(48(38-46)62(74)82-36-34-78-54(66)8-4)86-60(72)44-18-14-40(15-19-44)56(68)80-32-11-9-30-76-52(64)6-2/h5-8,26-29,38-45H,1-4,9-25,30-37H2. The molecule has 2 aromatic rings. The van der Waals surface area contributed by atoms with Gasteiger partial charge < -0.3 is 56.8 Å². The fourth-order valence-electron chi connectivity index (χ4n) is 9.53. The number of carbonyl (C=O) groups is 12. The van der Waals surface area contributed by atoms with Gasteiger partial charge in [0.05, 0.1) is 68.4 Å². The molecule has 0 heterocycles. The summed E-state index contributed by atoms with van der Waals surface area (Å²) in [5, 5.41) is 0. The van der Waals surface area contributed by atoms with Crippen molar-refractivity contribution in [3.05, 3.63) is 98.1 Å². The molecule has 0 aliphatic heterocycles. The molecule has 0 N–H and O–H groups in total. The molecule has 24 nitrogen and oxygen atoms in total. The van der Waals surface area contributed by atoms with E-state index < -0.39 is 107 Å². The van der Waals surface area contributed by atoms with Crippen LogP contribution in [0.2, 0.25) is 0 Å². The van der Waals surface area contributed by atoms with Gasteiger partial charge in [-0.15, -0.1) is 6.58 Å². The molecule has 0 atom stereocenters. The maximum Gasteiger partial charge on any atom is 0.342 e. The largest absolute Gasteiger partial charge is 0.465 e. The maximum absolute atomic E-state index is 13.6. The zero-order chi connectivity index (χ0) is 63.1. The summed E-state index contributed by atoms with van der Waals surface area (Å²) >= 11 is 0. The molecule has 0 amide bonds. The van der Waals surface area contributed by atoms with Gasteiger partial charge >= 0.3 is 71.6 Å². The van der Waals surface area contributed by atoms with Gasteiger partial charge in [-0.2, -0.15) is 0 Å². The van der Waals surface area contributed by atoms with Gasteiger partial charge in [-0.05, 0) is 139 Å². The first-order valence-corrected chi connectivity index (χ1v) is 28.9. The van der Waals surface area contributed by atoms with E-state index >= 15 is 0 Å². The third-order valence-corrected chi connectivity index (χ3v) is 14.4. The van der Waals surface area contributed by atoms with Crippen LogP contribution in [0.1, 0.15) is 130 Å². The van der Waals surface area contributed by atoms with Crippen molar-refractivity contribution in [3.8, 4) is 23.0 Å². The highest BCUT2D eigenvalue weighted by atomic mass is 16.6. The predicted molar refractivity (Wildman–Crippen MR) is 302 cm³/mol. The quantitative estimate of drug-likeness (QED) is 0.0165. The number of hydrogen-bond acceptors (Lipinski definition) is 24. The summed E-state index contributed by atoms with van der Waals surface area (Å²) in [5.41, 5.74) is -0.560. The summed E-state index contributed by atoms with van der Waals surface area (Å²) in [6.45, 7) is 12.7. The summed E-state index contributed by atoms with van der Waals surface area (Å²) in [5.74, 6) is -12.1. The molecule has 0 bridgehead atoms. The zero-order valence-corrected chi connectivity index (χ0v) is 48.5. The average molecular weight is 1220 g/mol. The van der Waals surface area contributed by atoms with Gasteiger partial charge in [0, 0.05) is 18.2 Å². The van der Waals surface area contributed by atoms with Crippen LogP contribution in [0.3, 0.4) is 0 Å². The van der Waals surface area contributed by atoms with E-state index in [0.717, 1.165) is 18.2 Å². The van der Waals surface area contributed by atoms with E-state index in [1.807, 2.05) is 0 Å². The summed E-state index contributed by atoms with van der Waals surface area (Å²) in [6, 6.07) is 7.53. The van der Waals surface area contributed by atoms with Crippen molar-refractivity contribution in [2.75, 3.05) is 52.9 Å². The van der Waals surface area contributed by atoms with Crippen molar-refractivity contribution in [3.63, 3.8) is 0 Å². The van der Waals surface area contributed by atoms with Crippen LogP contribution in [0.15, 0.2) is 87.0 Å². The van der Waals surface area contributed by atoms with Crippen molar-refractivity contribution >= 4 is 71.6 Å². The molecular formula is C63H74O24. The summed E-state index contributed by atoms with van der Waals surface area (Å²) < 4.78 is 64.0. The van der Waals surface area contributed by atoms with Gasteiger partial charge in [0.25, 0.3) is 0 Å². The van der Waals surface area contributed by atoms with Crippen LogP contribution in [0.25, 0.3) is 0 Å². The monoisotopic (exact) mass is 1210 g/mol. The average Bonchev–Trinajstić information content (AvgIpc) is 3.67. The zero-order valence-electron chi connectivity index (χ0n) is 48.5. The highest BCUT2D eigenvalue weighted by molar-refractivity contribution is 5.95. The summed E-state index contributed by atoms with van der Waals surface area (Å²) in [7, 11) is 0. The second-order valence-corrected chi connectivity index (χ2v) is 20.5. The van der Waals surface area contributed by atoms with Gasteiger partial charge in [-0.3, -0.25) is 33.6 Å². The molecule has 0 unspecified atom stereocenters. The second-order valence-electron chi connectivity index (χ2n) is 20.5. The molecule has 5 rings (SSSR count). The molecule has 0 aromatic heterocycles. The van der Waals surface area contributed by atoms with Crippen LogP contribution >= 0.6 is 0 Å². The van der Waals surface area contributed by atoms with Gasteiger partial charge in [-0.1, -0.05) is 25.8 Å². The van der Waals surface area contributed by atoms with E-state index in [1.165, 1.54) is 42.5 Å². The second kappa shape index (κ2) is 36.8. The van der Waals surface area contributed by atoms with Crippen LogP contribution in [-0.2, 0) is 85.8 Å². The summed E-state index contributed by atoms with van der Waals surface area (Å²) in [4.78, 5) is 152. The fraction of sp³-hybridized carbons (Fsp3) is 0.492. The van der Waals surface area contributed by atoms with Gasteiger partial charge in [-0.25, -0.2) is 24.0 Å². The number of hydrogen-bond donors (Lipinski definition) is 0. The molecule has 3 fully saturated rings. The lowest BCUT2D eigenvalue weighted by Crippen LogP contribution is -2.30. The molecule has 0 saturated heterocycles. The molecule has 2 aromatic carbocycles. The number of unbranched alkanes of at least 4 members (excludes halogenated alkanes) is 2. The highest BCUT2D eigenvalue weighted by Gasteiger charge is 2.36. The van der Waals surface area contributed by atoms with Crippen LogP contribution in [0, 0.1) is 35.5 Å². The Kier molecular flexibility index (Phi) is 29.1. The van der Waals surface area contributed by atoms with Gasteiger partial charge in [0.2, 0.25) is 0 Å². The number of rotatable bonds is 33. The van der Waals surface area contributed by atoms with Crippen LogP contribution in [0.4, 0.5) is 0 Å². The van der Waals surface area contributed by atoms with Crippen molar-refractivity contribution < 1.29 is 114 Å². The summed E-state index contributed by atoms with van der Waals surface area (Å²) in [6.07, 6.45) is 9.56. The molecule has 24 heteroatoms. The van der Waals surface area contributed by atoms with E-state index in [2.05, 4.69) is 26.3 Å². The van der Waals surface area contributed by atoms with E-state index in [-0.39, 0.29) is 119 Å². The molecule has 470 valence electrons. The number of ether oxygens (including phenoxy) is 12. The minimum atomic E-state index is -0.996.